The lowest BCUT2D eigenvalue weighted by Gasteiger charge is -2.30. The number of anilines is 3. The van der Waals surface area contributed by atoms with Crippen molar-refractivity contribution >= 4 is 56.3 Å². The molecule has 10 heteroatoms. The quantitative estimate of drug-likeness (QED) is 0.665. The van der Waals surface area contributed by atoms with Gasteiger partial charge in [0.25, 0.3) is 15.9 Å². The van der Waals surface area contributed by atoms with Gasteiger partial charge in [0.15, 0.2) is 0 Å². The van der Waals surface area contributed by atoms with E-state index in [1.807, 2.05) is 4.90 Å². The summed E-state index contributed by atoms with van der Waals surface area (Å²) in [5, 5.41) is 5.74. The molecule has 172 valence electrons. The van der Waals surface area contributed by atoms with Crippen LogP contribution in [0, 0.1) is 5.92 Å². The van der Waals surface area contributed by atoms with E-state index in [1.54, 1.807) is 30.3 Å². The Hall–Kier alpha value is -2.91. The molecule has 1 saturated carbocycles. The van der Waals surface area contributed by atoms with E-state index in [-0.39, 0.29) is 27.3 Å². The highest BCUT2D eigenvalue weighted by Gasteiger charge is 2.33. The van der Waals surface area contributed by atoms with Crippen LogP contribution in [-0.4, -0.2) is 32.6 Å². The average Bonchev–Trinajstić information content (AvgIpc) is 3.62. The van der Waals surface area contributed by atoms with Gasteiger partial charge in [0.2, 0.25) is 5.91 Å². The molecule has 2 aliphatic heterocycles. The third-order valence-corrected chi connectivity index (χ3v) is 7.69. The summed E-state index contributed by atoms with van der Waals surface area (Å²) in [5.74, 6) is 0.103. The van der Waals surface area contributed by atoms with Crippen molar-refractivity contribution in [2.75, 3.05) is 22.1 Å². The Bertz CT molecular complexity index is 1270. The molecule has 5 rings (SSSR count). The van der Waals surface area contributed by atoms with E-state index in [0.717, 1.165) is 32.1 Å². The largest absolute Gasteiger partial charge is 0.328 e. The SMILES string of the molecule is O=C(Nc1ccc(NC(=O)C2CC2)cc1)c1cc2c(cc1Cl)N1CCCCCC1=NS2(=O)=O. The fourth-order valence-electron chi connectivity index (χ4n) is 4.10. The van der Waals surface area contributed by atoms with E-state index in [9.17, 15) is 18.0 Å². The monoisotopic (exact) mass is 486 g/mol. The number of nitrogens with one attached hydrogen (secondary N) is 2. The van der Waals surface area contributed by atoms with E-state index in [2.05, 4.69) is 15.0 Å². The summed E-state index contributed by atoms with van der Waals surface area (Å²) in [5.41, 5.74) is 1.67. The summed E-state index contributed by atoms with van der Waals surface area (Å²) >= 11 is 6.44. The van der Waals surface area contributed by atoms with Gasteiger partial charge < -0.3 is 15.5 Å². The zero-order valence-corrected chi connectivity index (χ0v) is 19.4. The van der Waals surface area contributed by atoms with Gasteiger partial charge in [-0.3, -0.25) is 9.59 Å². The van der Waals surface area contributed by atoms with Gasteiger partial charge in [-0.15, -0.1) is 4.40 Å². The smallest absolute Gasteiger partial charge is 0.286 e. The maximum absolute atomic E-state index is 12.9. The van der Waals surface area contributed by atoms with E-state index < -0.39 is 15.9 Å². The van der Waals surface area contributed by atoms with Crippen molar-refractivity contribution in [2.45, 2.75) is 43.4 Å². The number of sulfonamides is 1. The minimum Gasteiger partial charge on any atom is -0.328 e. The summed E-state index contributed by atoms with van der Waals surface area (Å²) in [4.78, 5) is 26.7. The average molecular weight is 487 g/mol. The molecule has 2 amide bonds. The summed E-state index contributed by atoms with van der Waals surface area (Å²) in [7, 11) is -3.93. The number of carbonyl (C=O) groups excluding carboxylic acids is 2. The standard InChI is InChI=1S/C23H23ClN4O4S/c24-18-13-19-20(33(31,32)27-21-4-2-1-3-11-28(19)21)12-17(18)23(30)26-16-9-7-15(8-10-16)25-22(29)14-5-6-14/h7-10,12-14H,1-6,11H2,(H,25,29)(H,26,30). The summed E-state index contributed by atoms with van der Waals surface area (Å²) in [6.45, 7) is 0.660. The fraction of sp³-hybridized carbons (Fsp3) is 0.348. The van der Waals surface area contributed by atoms with E-state index in [4.69, 9.17) is 11.6 Å². The molecule has 2 heterocycles. The molecular formula is C23H23ClN4O4S. The molecule has 33 heavy (non-hydrogen) atoms. The summed E-state index contributed by atoms with van der Waals surface area (Å²) in [6, 6.07) is 9.57. The van der Waals surface area contributed by atoms with Gasteiger partial charge in [-0.2, -0.15) is 8.42 Å². The number of hydrogen-bond acceptors (Lipinski definition) is 5. The Morgan fingerprint density at radius 1 is 1.00 bits per heavy atom. The molecule has 2 aromatic rings. The molecule has 1 aliphatic carbocycles. The van der Waals surface area contributed by atoms with Crippen LogP contribution in [0.25, 0.3) is 0 Å². The molecule has 0 unspecified atom stereocenters. The van der Waals surface area contributed by atoms with Gasteiger partial charge in [0.05, 0.1) is 16.3 Å². The maximum Gasteiger partial charge on any atom is 0.286 e. The molecule has 2 aromatic carbocycles. The lowest BCUT2D eigenvalue weighted by atomic mass is 10.1. The first-order valence-electron chi connectivity index (χ1n) is 11.0. The number of halogens is 1. The van der Waals surface area contributed by atoms with Gasteiger partial charge in [-0.05, 0) is 62.1 Å². The minimum absolute atomic E-state index is 0.00376. The second-order valence-corrected chi connectivity index (χ2v) is 10.5. The Balaban J connectivity index is 1.38. The Morgan fingerprint density at radius 2 is 1.70 bits per heavy atom. The number of nitrogens with zero attached hydrogens (tertiary/aromatic N) is 2. The third kappa shape index (κ3) is 4.47. The van der Waals surface area contributed by atoms with Crippen LogP contribution in [0.2, 0.25) is 5.02 Å². The first-order chi connectivity index (χ1) is 15.8. The second kappa shape index (κ2) is 8.46. The maximum atomic E-state index is 12.9. The number of amidine groups is 1. The first kappa shape index (κ1) is 21.9. The minimum atomic E-state index is -3.93. The van der Waals surface area contributed by atoms with E-state index in [1.165, 1.54) is 6.07 Å². The number of hydrogen-bond donors (Lipinski definition) is 2. The van der Waals surface area contributed by atoms with Crippen LogP contribution in [0.1, 0.15) is 48.9 Å². The van der Waals surface area contributed by atoms with Gasteiger partial charge in [-0.1, -0.05) is 18.0 Å². The topological polar surface area (TPSA) is 108 Å². The van der Waals surface area contributed by atoms with Crippen LogP contribution in [-0.2, 0) is 14.8 Å². The number of amides is 2. The van der Waals surface area contributed by atoms with Crippen LogP contribution in [0.3, 0.4) is 0 Å². The van der Waals surface area contributed by atoms with Gasteiger partial charge in [-0.25, -0.2) is 0 Å². The Morgan fingerprint density at radius 3 is 2.39 bits per heavy atom. The second-order valence-electron chi connectivity index (χ2n) is 8.54. The Kier molecular flexibility index (Phi) is 5.62. The van der Waals surface area contributed by atoms with Crippen LogP contribution >= 0.6 is 11.6 Å². The van der Waals surface area contributed by atoms with Crippen molar-refractivity contribution in [1.29, 1.82) is 0 Å². The summed E-state index contributed by atoms with van der Waals surface area (Å²) in [6.07, 6.45) is 5.24. The predicted octanol–water partition coefficient (Wildman–Crippen LogP) is 4.42. The number of rotatable bonds is 4. The number of carbonyl (C=O) groups is 2. The lowest BCUT2D eigenvalue weighted by Crippen LogP contribution is -2.35. The molecule has 0 spiro atoms. The molecule has 1 saturated heterocycles. The van der Waals surface area contributed by atoms with E-state index in [0.29, 0.717) is 35.9 Å². The van der Waals surface area contributed by atoms with Crippen LogP contribution in [0.15, 0.2) is 45.7 Å². The normalized spacial score (nSPS) is 18.9. The molecule has 8 nitrogen and oxygen atoms in total. The van der Waals surface area contributed by atoms with Crippen molar-refractivity contribution < 1.29 is 18.0 Å². The van der Waals surface area contributed by atoms with Crippen molar-refractivity contribution in [2.24, 2.45) is 10.3 Å². The van der Waals surface area contributed by atoms with Crippen LogP contribution in [0.5, 0.6) is 0 Å². The van der Waals surface area contributed by atoms with Crippen molar-refractivity contribution in [3.63, 3.8) is 0 Å². The highest BCUT2D eigenvalue weighted by atomic mass is 35.5. The summed E-state index contributed by atoms with van der Waals surface area (Å²) < 4.78 is 29.7. The molecule has 2 fully saturated rings. The zero-order chi connectivity index (χ0) is 23.2. The first-order valence-corrected chi connectivity index (χ1v) is 12.8. The Labute approximate surface area is 197 Å². The van der Waals surface area contributed by atoms with Crippen molar-refractivity contribution in [3.8, 4) is 0 Å². The molecular weight excluding hydrogens is 464 g/mol. The van der Waals surface area contributed by atoms with Crippen LogP contribution in [0.4, 0.5) is 17.1 Å². The molecule has 2 N–H and O–H groups in total. The highest BCUT2D eigenvalue weighted by molar-refractivity contribution is 7.90. The van der Waals surface area contributed by atoms with Crippen LogP contribution < -0.4 is 15.5 Å². The number of fused-ring (bicyclic) bond motifs is 3. The molecule has 0 bridgehead atoms. The highest BCUT2D eigenvalue weighted by Crippen LogP contribution is 2.38. The molecule has 3 aliphatic rings. The predicted molar refractivity (Wildman–Crippen MR) is 128 cm³/mol. The number of benzene rings is 2. The third-order valence-electron chi connectivity index (χ3n) is 6.04. The molecule has 0 aromatic heterocycles. The molecule has 0 atom stereocenters. The zero-order valence-electron chi connectivity index (χ0n) is 17.8. The lowest BCUT2D eigenvalue weighted by molar-refractivity contribution is -0.117. The van der Waals surface area contributed by atoms with Crippen molar-refractivity contribution in [3.05, 3.63) is 47.0 Å². The van der Waals surface area contributed by atoms with E-state index >= 15 is 0 Å². The van der Waals surface area contributed by atoms with Gasteiger partial charge in [0.1, 0.15) is 10.7 Å². The van der Waals surface area contributed by atoms with Gasteiger partial charge in [0, 0.05) is 30.3 Å². The molecule has 0 radical (unpaired) electrons. The van der Waals surface area contributed by atoms with Gasteiger partial charge >= 0.3 is 0 Å². The fourth-order valence-corrected chi connectivity index (χ4v) is 5.61. The van der Waals surface area contributed by atoms with Crippen molar-refractivity contribution in [1.82, 2.24) is 0 Å².